The van der Waals surface area contributed by atoms with Crippen molar-refractivity contribution in [3.63, 3.8) is 0 Å². The number of carbonyl (C=O) groups excluding carboxylic acids is 2. The van der Waals surface area contributed by atoms with Gasteiger partial charge in [0.05, 0.1) is 6.61 Å². The number of hydrogen-bond donors (Lipinski definition) is 0. The summed E-state index contributed by atoms with van der Waals surface area (Å²) < 4.78 is 5.10. The summed E-state index contributed by atoms with van der Waals surface area (Å²) in [5, 5.41) is 0. The first-order valence-corrected chi connectivity index (χ1v) is 5.73. The largest absolute Gasteiger partial charge is 0.465 e. The summed E-state index contributed by atoms with van der Waals surface area (Å²) in [5.41, 5.74) is -0.899. The summed E-state index contributed by atoms with van der Waals surface area (Å²) in [6.07, 6.45) is 2.71. The van der Waals surface area contributed by atoms with Crippen LogP contribution in [0.4, 0.5) is 0 Å². The first-order chi connectivity index (χ1) is 7.05. The predicted octanol–water partition coefficient (Wildman–Crippen LogP) is 2.73. The van der Waals surface area contributed by atoms with Gasteiger partial charge in [-0.25, -0.2) is 0 Å². The molecular weight excluding hydrogens is 192 g/mol. The van der Waals surface area contributed by atoms with E-state index in [0.29, 0.717) is 19.4 Å². The Hall–Kier alpha value is -0.860. The molecule has 88 valence electrons. The molecule has 0 aliphatic rings. The van der Waals surface area contributed by atoms with Crippen molar-refractivity contribution >= 4 is 11.8 Å². The molecule has 0 aromatic heterocycles. The van der Waals surface area contributed by atoms with Gasteiger partial charge in [0, 0.05) is 0 Å². The lowest BCUT2D eigenvalue weighted by atomic mass is 9.77. The SMILES string of the molecule is CCCOC(=O)C(CC)(CCC)C(C)=O. The molecule has 1 unspecified atom stereocenters. The molecule has 0 radical (unpaired) electrons. The third kappa shape index (κ3) is 3.33. The highest BCUT2D eigenvalue weighted by Crippen LogP contribution is 2.31. The number of Topliss-reactive ketones (excluding diaryl/α,β-unsaturated/α-hetero) is 1. The van der Waals surface area contributed by atoms with Crippen molar-refractivity contribution in [2.24, 2.45) is 5.41 Å². The Morgan fingerprint density at radius 1 is 1.13 bits per heavy atom. The number of hydrogen-bond acceptors (Lipinski definition) is 3. The van der Waals surface area contributed by atoms with E-state index in [9.17, 15) is 9.59 Å². The molecule has 0 N–H and O–H groups in total. The lowest BCUT2D eigenvalue weighted by Crippen LogP contribution is -2.39. The molecule has 1 atom stereocenters. The average molecular weight is 214 g/mol. The molecule has 0 saturated carbocycles. The van der Waals surface area contributed by atoms with Gasteiger partial charge in [-0.15, -0.1) is 0 Å². The van der Waals surface area contributed by atoms with E-state index in [1.807, 2.05) is 20.8 Å². The maximum Gasteiger partial charge on any atom is 0.319 e. The standard InChI is InChI=1S/C12H22O3/c1-5-8-12(7-3,10(4)13)11(14)15-9-6-2/h5-9H2,1-4H3. The lowest BCUT2D eigenvalue weighted by molar-refractivity contribution is -0.161. The predicted molar refractivity (Wildman–Crippen MR) is 59.6 cm³/mol. The number of ketones is 1. The molecule has 0 heterocycles. The molecule has 3 nitrogen and oxygen atoms in total. The molecule has 0 aliphatic heterocycles. The number of ether oxygens (including phenoxy) is 1. The van der Waals surface area contributed by atoms with Crippen LogP contribution in [0.1, 0.15) is 53.4 Å². The van der Waals surface area contributed by atoms with E-state index >= 15 is 0 Å². The van der Waals surface area contributed by atoms with Crippen molar-refractivity contribution in [3.8, 4) is 0 Å². The maximum absolute atomic E-state index is 11.8. The molecule has 3 heteroatoms. The Morgan fingerprint density at radius 2 is 1.73 bits per heavy atom. The molecule has 0 bridgehead atoms. The normalized spacial score (nSPS) is 14.4. The fourth-order valence-electron chi connectivity index (χ4n) is 1.75. The summed E-state index contributed by atoms with van der Waals surface area (Å²) in [7, 11) is 0. The quantitative estimate of drug-likeness (QED) is 0.483. The fourth-order valence-corrected chi connectivity index (χ4v) is 1.75. The van der Waals surface area contributed by atoms with Crippen molar-refractivity contribution in [1.82, 2.24) is 0 Å². The van der Waals surface area contributed by atoms with E-state index in [0.717, 1.165) is 12.8 Å². The third-order valence-corrected chi connectivity index (χ3v) is 2.78. The highest BCUT2D eigenvalue weighted by atomic mass is 16.5. The van der Waals surface area contributed by atoms with E-state index in [1.54, 1.807) is 0 Å². The van der Waals surface area contributed by atoms with E-state index in [4.69, 9.17) is 4.74 Å². The zero-order valence-corrected chi connectivity index (χ0v) is 10.3. The first kappa shape index (κ1) is 14.1. The van der Waals surface area contributed by atoms with Crippen molar-refractivity contribution in [2.75, 3.05) is 6.61 Å². The molecule has 0 amide bonds. The van der Waals surface area contributed by atoms with Crippen LogP contribution >= 0.6 is 0 Å². The summed E-state index contributed by atoms with van der Waals surface area (Å²) in [4.78, 5) is 23.4. The van der Waals surface area contributed by atoms with Crippen LogP contribution in [0.5, 0.6) is 0 Å². The fraction of sp³-hybridized carbons (Fsp3) is 0.833. The van der Waals surface area contributed by atoms with Gasteiger partial charge in [0.25, 0.3) is 0 Å². The summed E-state index contributed by atoms with van der Waals surface area (Å²) >= 11 is 0. The molecule has 0 rings (SSSR count). The second-order valence-electron chi connectivity index (χ2n) is 3.88. The topological polar surface area (TPSA) is 43.4 Å². The van der Waals surface area contributed by atoms with E-state index in [2.05, 4.69) is 0 Å². The molecular formula is C12H22O3. The van der Waals surface area contributed by atoms with Crippen molar-refractivity contribution in [3.05, 3.63) is 0 Å². The second kappa shape index (κ2) is 6.59. The van der Waals surface area contributed by atoms with Crippen LogP contribution in [0.2, 0.25) is 0 Å². The zero-order chi connectivity index (χ0) is 11.9. The lowest BCUT2D eigenvalue weighted by Gasteiger charge is -2.27. The van der Waals surface area contributed by atoms with E-state index in [-0.39, 0.29) is 11.8 Å². The number of carbonyl (C=O) groups is 2. The second-order valence-corrected chi connectivity index (χ2v) is 3.88. The number of esters is 1. The summed E-state index contributed by atoms with van der Waals surface area (Å²) in [6, 6.07) is 0. The van der Waals surface area contributed by atoms with Gasteiger partial charge < -0.3 is 4.74 Å². The molecule has 0 aliphatic carbocycles. The van der Waals surface area contributed by atoms with Crippen molar-refractivity contribution < 1.29 is 14.3 Å². The van der Waals surface area contributed by atoms with Gasteiger partial charge >= 0.3 is 5.97 Å². The molecule has 0 fully saturated rings. The van der Waals surface area contributed by atoms with Crippen LogP contribution in [0.15, 0.2) is 0 Å². The van der Waals surface area contributed by atoms with Gasteiger partial charge in [-0.05, 0) is 26.2 Å². The minimum Gasteiger partial charge on any atom is -0.465 e. The molecule has 0 spiro atoms. The average Bonchev–Trinajstić information content (AvgIpc) is 2.22. The van der Waals surface area contributed by atoms with Crippen LogP contribution in [0, 0.1) is 5.41 Å². The first-order valence-electron chi connectivity index (χ1n) is 5.73. The monoisotopic (exact) mass is 214 g/mol. The molecule has 15 heavy (non-hydrogen) atoms. The number of rotatable bonds is 7. The van der Waals surface area contributed by atoms with Crippen LogP contribution < -0.4 is 0 Å². The third-order valence-electron chi connectivity index (χ3n) is 2.78. The van der Waals surface area contributed by atoms with Crippen molar-refractivity contribution in [1.29, 1.82) is 0 Å². The van der Waals surface area contributed by atoms with Crippen LogP contribution in [0.25, 0.3) is 0 Å². The summed E-state index contributed by atoms with van der Waals surface area (Å²) in [6.45, 7) is 7.66. The molecule has 0 aromatic rings. The minimum atomic E-state index is -0.899. The van der Waals surface area contributed by atoms with Crippen LogP contribution in [-0.4, -0.2) is 18.4 Å². The Labute approximate surface area is 92.2 Å². The molecule has 0 aromatic carbocycles. The van der Waals surface area contributed by atoms with Gasteiger partial charge in [0.15, 0.2) is 0 Å². The van der Waals surface area contributed by atoms with Gasteiger partial charge in [0.1, 0.15) is 11.2 Å². The van der Waals surface area contributed by atoms with Gasteiger partial charge in [-0.3, -0.25) is 9.59 Å². The van der Waals surface area contributed by atoms with Gasteiger partial charge in [-0.2, -0.15) is 0 Å². The molecule has 0 saturated heterocycles. The van der Waals surface area contributed by atoms with Crippen molar-refractivity contribution in [2.45, 2.75) is 53.4 Å². The van der Waals surface area contributed by atoms with E-state index < -0.39 is 5.41 Å². The highest BCUT2D eigenvalue weighted by molar-refractivity contribution is 6.02. The minimum absolute atomic E-state index is 0.0760. The van der Waals surface area contributed by atoms with Crippen LogP contribution in [0.3, 0.4) is 0 Å². The smallest absolute Gasteiger partial charge is 0.319 e. The highest BCUT2D eigenvalue weighted by Gasteiger charge is 2.41. The van der Waals surface area contributed by atoms with E-state index in [1.165, 1.54) is 6.92 Å². The Kier molecular flexibility index (Phi) is 6.21. The maximum atomic E-state index is 11.8. The summed E-state index contributed by atoms with van der Waals surface area (Å²) in [5.74, 6) is -0.422. The Morgan fingerprint density at radius 3 is 2.07 bits per heavy atom. The van der Waals surface area contributed by atoms with Crippen LogP contribution in [-0.2, 0) is 14.3 Å². The van der Waals surface area contributed by atoms with Gasteiger partial charge in [0.2, 0.25) is 0 Å². The Bertz CT molecular complexity index is 223. The van der Waals surface area contributed by atoms with Gasteiger partial charge in [-0.1, -0.05) is 27.2 Å². The Balaban J connectivity index is 4.73. The zero-order valence-electron chi connectivity index (χ0n) is 10.3.